The number of nitrogens with zero attached hydrogens (tertiary/aromatic N) is 1. The van der Waals surface area contributed by atoms with Gasteiger partial charge in [-0.1, -0.05) is 56.5 Å². The van der Waals surface area contributed by atoms with Crippen molar-refractivity contribution in [3.8, 4) is 12.3 Å². The molecule has 0 bridgehead atoms. The third-order valence-electron chi connectivity index (χ3n) is 6.74. The molecule has 7 heteroatoms. The summed E-state index contributed by atoms with van der Waals surface area (Å²) in [6.07, 6.45) is 5.52. The minimum Gasteiger partial charge on any atom is -0.444 e. The lowest BCUT2D eigenvalue weighted by molar-refractivity contribution is -0.147. The molecule has 0 radical (unpaired) electrons. The molecule has 0 saturated heterocycles. The van der Waals surface area contributed by atoms with Gasteiger partial charge in [-0.2, -0.15) is 0 Å². The highest BCUT2D eigenvalue weighted by Gasteiger charge is 2.43. The Kier molecular flexibility index (Phi) is 10.6. The number of carbonyl (C=O) groups excluding carboxylic acids is 3. The predicted octanol–water partition coefficient (Wildman–Crippen LogP) is 6.53. The van der Waals surface area contributed by atoms with E-state index in [1.165, 1.54) is 0 Å². The van der Waals surface area contributed by atoms with Gasteiger partial charge in [0.1, 0.15) is 17.7 Å². The zero-order valence-corrected chi connectivity index (χ0v) is 25.6. The minimum atomic E-state index is -1.01. The van der Waals surface area contributed by atoms with Crippen molar-refractivity contribution in [1.82, 2.24) is 10.2 Å². The summed E-state index contributed by atoms with van der Waals surface area (Å²) in [5.74, 6) is 1.63. The second-order valence-corrected chi connectivity index (χ2v) is 12.3. The van der Waals surface area contributed by atoms with Crippen LogP contribution in [-0.4, -0.2) is 40.0 Å². The molecular formula is C33H45N3O4. The number of aryl methyl sites for hydroxylation is 2. The van der Waals surface area contributed by atoms with Crippen LogP contribution in [0.15, 0.2) is 42.5 Å². The molecule has 0 aromatic heterocycles. The second-order valence-electron chi connectivity index (χ2n) is 12.3. The molecule has 216 valence electrons. The van der Waals surface area contributed by atoms with Crippen LogP contribution in [0, 0.1) is 32.1 Å². The maximum Gasteiger partial charge on any atom is 0.408 e. The number of rotatable bonds is 8. The summed E-state index contributed by atoms with van der Waals surface area (Å²) in [6.45, 7) is 18.6. The Labute approximate surface area is 240 Å². The summed E-state index contributed by atoms with van der Waals surface area (Å²) < 4.78 is 5.48. The van der Waals surface area contributed by atoms with Gasteiger partial charge < -0.3 is 20.3 Å². The fraction of sp³-hybridized carbons (Fsp3) is 0.485. The predicted molar refractivity (Wildman–Crippen MR) is 161 cm³/mol. The third kappa shape index (κ3) is 8.35. The van der Waals surface area contributed by atoms with E-state index in [1.54, 1.807) is 49.9 Å². The largest absolute Gasteiger partial charge is 0.444 e. The van der Waals surface area contributed by atoms with Crippen molar-refractivity contribution >= 4 is 23.6 Å². The molecule has 0 spiro atoms. The van der Waals surface area contributed by atoms with Crippen molar-refractivity contribution in [3.63, 3.8) is 0 Å². The molecule has 7 nitrogen and oxygen atoms in total. The molecule has 0 fully saturated rings. The van der Waals surface area contributed by atoms with Crippen LogP contribution in [0.3, 0.4) is 0 Å². The fourth-order valence-electron chi connectivity index (χ4n) is 4.50. The van der Waals surface area contributed by atoms with E-state index in [2.05, 4.69) is 16.6 Å². The summed E-state index contributed by atoms with van der Waals surface area (Å²) in [6, 6.07) is 10.9. The average molecular weight is 548 g/mol. The molecule has 2 aromatic rings. The number of anilines is 1. The molecule has 2 N–H and O–H groups in total. The number of alkyl carbamates (subject to hydrolysis) is 1. The van der Waals surface area contributed by atoms with E-state index in [4.69, 9.17) is 11.2 Å². The number of carbonyl (C=O) groups is 3. The molecule has 0 heterocycles. The van der Waals surface area contributed by atoms with E-state index >= 15 is 0 Å². The highest BCUT2D eigenvalue weighted by Crippen LogP contribution is 2.33. The standard InChI is InChI=1S/C33H45N3O4/c1-12-21(3)27(35-31(39)40-33(9,10)11)30(38)36(32(6,7)8)28(25-19-17-24(13-2)18-20-25)29(37)34-26-22(4)15-14-16-23(26)5/h2,14-21,27-28H,12H2,1,3-11H3,(H,34,37)(H,35,39). The van der Waals surface area contributed by atoms with Gasteiger partial charge in [0.25, 0.3) is 5.91 Å². The monoisotopic (exact) mass is 547 g/mol. The van der Waals surface area contributed by atoms with E-state index in [-0.39, 0.29) is 17.7 Å². The Hall–Kier alpha value is -3.79. The molecular weight excluding hydrogens is 502 g/mol. The van der Waals surface area contributed by atoms with E-state index in [0.29, 0.717) is 23.2 Å². The fourth-order valence-corrected chi connectivity index (χ4v) is 4.50. The smallest absolute Gasteiger partial charge is 0.408 e. The summed E-state index contributed by atoms with van der Waals surface area (Å²) in [7, 11) is 0. The molecule has 3 unspecified atom stereocenters. The van der Waals surface area contributed by atoms with Gasteiger partial charge in [-0.25, -0.2) is 4.79 Å². The van der Waals surface area contributed by atoms with E-state index in [0.717, 1.165) is 11.1 Å². The van der Waals surface area contributed by atoms with E-state index in [9.17, 15) is 14.4 Å². The Morgan fingerprint density at radius 3 is 1.98 bits per heavy atom. The Bertz CT molecular complexity index is 1230. The number of hydrogen-bond donors (Lipinski definition) is 2. The molecule has 0 aliphatic heterocycles. The van der Waals surface area contributed by atoms with Gasteiger partial charge in [0.2, 0.25) is 5.91 Å². The maximum absolute atomic E-state index is 14.5. The summed E-state index contributed by atoms with van der Waals surface area (Å²) >= 11 is 0. The number of nitrogens with one attached hydrogen (secondary N) is 2. The highest BCUT2D eigenvalue weighted by atomic mass is 16.6. The van der Waals surface area contributed by atoms with Gasteiger partial charge in [0, 0.05) is 16.8 Å². The Morgan fingerprint density at radius 1 is 0.975 bits per heavy atom. The van der Waals surface area contributed by atoms with Gasteiger partial charge in [-0.15, -0.1) is 6.42 Å². The van der Waals surface area contributed by atoms with E-state index in [1.807, 2.05) is 66.7 Å². The maximum atomic E-state index is 14.5. The van der Waals surface area contributed by atoms with E-state index < -0.39 is 29.3 Å². The average Bonchev–Trinajstić information content (AvgIpc) is 2.85. The van der Waals surface area contributed by atoms with Crippen molar-refractivity contribution in [2.24, 2.45) is 5.92 Å². The highest BCUT2D eigenvalue weighted by molar-refractivity contribution is 6.00. The minimum absolute atomic E-state index is 0.226. The number of ether oxygens (including phenoxy) is 1. The lowest BCUT2D eigenvalue weighted by atomic mass is 9.91. The molecule has 2 rings (SSSR count). The van der Waals surface area contributed by atoms with Gasteiger partial charge in [-0.3, -0.25) is 9.59 Å². The number of terminal acetylenes is 1. The van der Waals surface area contributed by atoms with Crippen molar-refractivity contribution in [1.29, 1.82) is 0 Å². The van der Waals surface area contributed by atoms with Crippen molar-refractivity contribution in [3.05, 3.63) is 64.7 Å². The van der Waals surface area contributed by atoms with Crippen LogP contribution >= 0.6 is 0 Å². The SMILES string of the molecule is C#Cc1ccc(C(C(=O)Nc2c(C)cccc2C)N(C(=O)C(NC(=O)OC(C)(C)C)C(C)CC)C(C)(C)C)cc1. The molecule has 0 aliphatic rings. The first-order valence-corrected chi connectivity index (χ1v) is 13.8. The number of benzene rings is 2. The third-order valence-corrected chi connectivity index (χ3v) is 6.74. The molecule has 0 saturated carbocycles. The number of para-hydroxylation sites is 1. The summed E-state index contributed by atoms with van der Waals surface area (Å²) in [5.41, 5.74) is 2.25. The molecule has 2 aromatic carbocycles. The molecule has 3 atom stereocenters. The van der Waals surface area contributed by atoms with Crippen molar-refractivity contribution in [2.75, 3.05) is 5.32 Å². The lowest BCUT2D eigenvalue weighted by Gasteiger charge is -2.44. The van der Waals surface area contributed by atoms with Crippen LogP contribution in [0.5, 0.6) is 0 Å². The van der Waals surface area contributed by atoms with Crippen LogP contribution in [0.25, 0.3) is 0 Å². The van der Waals surface area contributed by atoms with Crippen LogP contribution in [0.1, 0.15) is 90.1 Å². The zero-order valence-electron chi connectivity index (χ0n) is 25.6. The zero-order chi connectivity index (χ0) is 30.4. The number of amides is 3. The lowest BCUT2D eigenvalue weighted by Crippen LogP contribution is -2.59. The molecule has 3 amide bonds. The quantitative estimate of drug-likeness (QED) is 0.368. The van der Waals surface area contributed by atoms with Crippen molar-refractivity contribution < 1.29 is 19.1 Å². The van der Waals surface area contributed by atoms with Gasteiger partial charge >= 0.3 is 6.09 Å². The number of hydrogen-bond acceptors (Lipinski definition) is 4. The van der Waals surface area contributed by atoms with Crippen LogP contribution in [0.2, 0.25) is 0 Å². The molecule has 0 aliphatic carbocycles. The Balaban J connectivity index is 2.67. The van der Waals surface area contributed by atoms with Gasteiger partial charge in [0.15, 0.2) is 0 Å². The van der Waals surface area contributed by atoms with Gasteiger partial charge in [0.05, 0.1) is 0 Å². The first kappa shape index (κ1) is 32.4. The summed E-state index contributed by atoms with van der Waals surface area (Å²) in [4.78, 5) is 43.0. The first-order chi connectivity index (χ1) is 18.5. The van der Waals surface area contributed by atoms with Crippen LogP contribution < -0.4 is 10.6 Å². The topological polar surface area (TPSA) is 87.7 Å². The molecule has 40 heavy (non-hydrogen) atoms. The summed E-state index contributed by atoms with van der Waals surface area (Å²) in [5, 5.41) is 5.88. The second kappa shape index (κ2) is 13.0. The van der Waals surface area contributed by atoms with Gasteiger partial charge in [-0.05, 0) is 90.1 Å². The Morgan fingerprint density at radius 2 is 1.52 bits per heavy atom. The van der Waals surface area contributed by atoms with Crippen LogP contribution in [0.4, 0.5) is 10.5 Å². The first-order valence-electron chi connectivity index (χ1n) is 13.8. The van der Waals surface area contributed by atoms with Crippen LogP contribution in [-0.2, 0) is 14.3 Å². The van der Waals surface area contributed by atoms with Crippen molar-refractivity contribution in [2.45, 2.75) is 98.9 Å². The normalized spacial score (nSPS) is 13.8.